The van der Waals surface area contributed by atoms with Gasteiger partial charge in [0.25, 0.3) is 5.91 Å². The lowest BCUT2D eigenvalue weighted by atomic mass is 9.93. The van der Waals surface area contributed by atoms with Gasteiger partial charge in [-0.3, -0.25) is 4.79 Å². The van der Waals surface area contributed by atoms with E-state index in [1.54, 1.807) is 4.90 Å². The van der Waals surface area contributed by atoms with Gasteiger partial charge in [0.1, 0.15) is 5.82 Å². The molecule has 0 saturated heterocycles. The van der Waals surface area contributed by atoms with Crippen LogP contribution in [0.15, 0.2) is 18.2 Å². The first-order valence-electron chi connectivity index (χ1n) is 6.95. The van der Waals surface area contributed by atoms with Crippen molar-refractivity contribution in [2.75, 3.05) is 11.9 Å². The highest BCUT2D eigenvalue weighted by molar-refractivity contribution is 9.09. The molecule has 2 nitrogen and oxygen atoms in total. The summed E-state index contributed by atoms with van der Waals surface area (Å²) < 4.78 is 13.9. The van der Waals surface area contributed by atoms with Gasteiger partial charge >= 0.3 is 0 Å². The number of carbonyl (C=O) groups excluding carboxylic acids is 1. The Bertz CT molecular complexity index is 477. The minimum atomic E-state index is -0.505. The molecule has 1 aromatic carbocycles. The molecule has 0 aliphatic heterocycles. The second-order valence-corrected chi connectivity index (χ2v) is 6.33. The fourth-order valence-electron chi connectivity index (χ4n) is 2.75. The molecule has 0 bridgehead atoms. The smallest absolute Gasteiger partial charge is 0.257 e. The molecular weight excluding hydrogens is 345 g/mol. The highest BCUT2D eigenvalue weighted by Gasteiger charge is 2.27. The Morgan fingerprint density at radius 1 is 1.35 bits per heavy atom. The van der Waals surface area contributed by atoms with E-state index < -0.39 is 5.82 Å². The van der Waals surface area contributed by atoms with Crippen LogP contribution in [0.1, 0.15) is 42.5 Å². The Labute approximate surface area is 132 Å². The number of amides is 1. The summed E-state index contributed by atoms with van der Waals surface area (Å²) in [7, 11) is 0. The van der Waals surface area contributed by atoms with Crippen LogP contribution in [-0.2, 0) is 0 Å². The minimum absolute atomic E-state index is 0.0732. The minimum Gasteiger partial charge on any atom is -0.335 e. The van der Waals surface area contributed by atoms with Crippen molar-refractivity contribution in [2.45, 2.75) is 38.1 Å². The van der Waals surface area contributed by atoms with E-state index in [-0.39, 0.29) is 17.5 Å². The lowest BCUT2D eigenvalue weighted by Crippen LogP contribution is -2.42. The van der Waals surface area contributed by atoms with Crippen LogP contribution in [0.2, 0.25) is 5.02 Å². The highest BCUT2D eigenvalue weighted by atomic mass is 79.9. The number of halogens is 3. The molecule has 0 aromatic heterocycles. The molecule has 5 heteroatoms. The summed E-state index contributed by atoms with van der Waals surface area (Å²) >= 11 is 9.26. The summed E-state index contributed by atoms with van der Waals surface area (Å²) in [6, 6.07) is 4.35. The Hall–Kier alpha value is -0.610. The zero-order valence-electron chi connectivity index (χ0n) is 11.2. The van der Waals surface area contributed by atoms with Crippen molar-refractivity contribution in [3.05, 3.63) is 34.6 Å². The molecule has 1 aliphatic rings. The van der Waals surface area contributed by atoms with Crippen molar-refractivity contribution in [3.63, 3.8) is 0 Å². The van der Waals surface area contributed by atoms with Crippen LogP contribution in [0.25, 0.3) is 0 Å². The summed E-state index contributed by atoms with van der Waals surface area (Å²) in [6.45, 7) is 0.593. The summed E-state index contributed by atoms with van der Waals surface area (Å²) in [5, 5.41) is 1.08. The zero-order chi connectivity index (χ0) is 14.5. The van der Waals surface area contributed by atoms with Crippen molar-refractivity contribution in [1.82, 2.24) is 4.90 Å². The normalized spacial score (nSPS) is 16.1. The van der Waals surface area contributed by atoms with Gasteiger partial charge in [-0.15, -0.1) is 0 Å². The van der Waals surface area contributed by atoms with Crippen LogP contribution in [0.3, 0.4) is 0 Å². The van der Waals surface area contributed by atoms with Gasteiger partial charge in [-0.25, -0.2) is 4.39 Å². The molecule has 1 aliphatic carbocycles. The number of alkyl halides is 1. The SMILES string of the molecule is O=C(c1cc(Cl)ccc1F)N(CCBr)C1CCCCC1. The predicted molar refractivity (Wildman–Crippen MR) is 83.1 cm³/mol. The van der Waals surface area contributed by atoms with Gasteiger partial charge in [0.15, 0.2) is 0 Å². The molecule has 0 radical (unpaired) electrons. The van der Waals surface area contributed by atoms with Crippen LogP contribution < -0.4 is 0 Å². The molecule has 1 fully saturated rings. The van der Waals surface area contributed by atoms with E-state index >= 15 is 0 Å². The number of benzene rings is 1. The van der Waals surface area contributed by atoms with Crippen LogP contribution in [0.5, 0.6) is 0 Å². The van der Waals surface area contributed by atoms with Gasteiger partial charge in [0.2, 0.25) is 0 Å². The maximum atomic E-state index is 13.9. The molecule has 1 saturated carbocycles. The van der Waals surface area contributed by atoms with Crippen LogP contribution in [0.4, 0.5) is 4.39 Å². The maximum Gasteiger partial charge on any atom is 0.257 e. The van der Waals surface area contributed by atoms with Gasteiger partial charge in [-0.1, -0.05) is 46.8 Å². The number of rotatable bonds is 4. The second kappa shape index (κ2) is 7.41. The summed E-state index contributed by atoms with van der Waals surface area (Å²) in [4.78, 5) is 14.4. The lowest BCUT2D eigenvalue weighted by molar-refractivity contribution is 0.0646. The lowest BCUT2D eigenvalue weighted by Gasteiger charge is -2.34. The van der Waals surface area contributed by atoms with E-state index in [1.165, 1.54) is 24.6 Å². The average molecular weight is 363 g/mol. The maximum absolute atomic E-state index is 13.9. The fraction of sp³-hybridized carbons (Fsp3) is 0.533. The van der Waals surface area contributed by atoms with E-state index in [0.29, 0.717) is 16.9 Å². The predicted octanol–water partition coefficient (Wildman–Crippen LogP) is 4.65. The van der Waals surface area contributed by atoms with Crippen molar-refractivity contribution >= 4 is 33.4 Å². The summed E-state index contributed by atoms with van der Waals surface area (Å²) in [5.41, 5.74) is 0.0732. The first kappa shape index (κ1) is 15.8. The number of hydrogen-bond acceptors (Lipinski definition) is 1. The molecule has 20 heavy (non-hydrogen) atoms. The van der Waals surface area contributed by atoms with Gasteiger partial charge < -0.3 is 4.90 Å². The summed E-state index contributed by atoms with van der Waals surface area (Å²) in [6.07, 6.45) is 5.49. The summed E-state index contributed by atoms with van der Waals surface area (Å²) in [5.74, 6) is -0.758. The quantitative estimate of drug-likeness (QED) is 0.714. The Balaban J connectivity index is 2.23. The molecular formula is C15H18BrClFNO. The van der Waals surface area contributed by atoms with Gasteiger partial charge in [-0.05, 0) is 31.0 Å². The van der Waals surface area contributed by atoms with E-state index in [9.17, 15) is 9.18 Å². The Kier molecular flexibility index (Phi) is 5.85. The Morgan fingerprint density at radius 3 is 2.70 bits per heavy atom. The topological polar surface area (TPSA) is 20.3 Å². The molecule has 0 unspecified atom stereocenters. The van der Waals surface area contributed by atoms with Crippen molar-refractivity contribution in [1.29, 1.82) is 0 Å². The van der Waals surface area contributed by atoms with E-state index in [2.05, 4.69) is 15.9 Å². The largest absolute Gasteiger partial charge is 0.335 e. The van der Waals surface area contributed by atoms with Crippen molar-refractivity contribution in [3.8, 4) is 0 Å². The van der Waals surface area contributed by atoms with Crippen LogP contribution in [0, 0.1) is 5.82 Å². The number of nitrogens with zero attached hydrogens (tertiary/aromatic N) is 1. The van der Waals surface area contributed by atoms with E-state index in [0.717, 1.165) is 25.7 Å². The van der Waals surface area contributed by atoms with Gasteiger partial charge in [-0.2, -0.15) is 0 Å². The monoisotopic (exact) mass is 361 g/mol. The standard InChI is InChI=1S/C15H18BrClFNO/c16-8-9-19(12-4-2-1-3-5-12)15(20)13-10-11(17)6-7-14(13)18/h6-7,10,12H,1-5,8-9H2. The molecule has 0 N–H and O–H groups in total. The number of hydrogen-bond donors (Lipinski definition) is 0. The second-order valence-electron chi connectivity index (χ2n) is 5.10. The third-order valence-electron chi connectivity index (χ3n) is 3.76. The molecule has 2 rings (SSSR count). The third kappa shape index (κ3) is 3.73. The third-order valence-corrected chi connectivity index (χ3v) is 4.35. The molecule has 110 valence electrons. The molecule has 0 heterocycles. The van der Waals surface area contributed by atoms with Crippen LogP contribution in [-0.4, -0.2) is 28.7 Å². The Morgan fingerprint density at radius 2 is 2.05 bits per heavy atom. The highest BCUT2D eigenvalue weighted by Crippen LogP contribution is 2.25. The molecule has 1 aromatic rings. The molecule has 1 amide bonds. The first-order valence-corrected chi connectivity index (χ1v) is 8.45. The fourth-order valence-corrected chi connectivity index (χ4v) is 3.30. The van der Waals surface area contributed by atoms with E-state index in [4.69, 9.17) is 11.6 Å². The number of carbonyl (C=O) groups is 1. The zero-order valence-corrected chi connectivity index (χ0v) is 13.6. The van der Waals surface area contributed by atoms with Gasteiger partial charge in [0, 0.05) is 22.9 Å². The van der Waals surface area contributed by atoms with E-state index in [1.807, 2.05) is 0 Å². The first-order chi connectivity index (χ1) is 9.63. The van der Waals surface area contributed by atoms with Crippen LogP contribution >= 0.6 is 27.5 Å². The molecule has 0 atom stereocenters. The van der Waals surface area contributed by atoms with Crippen molar-refractivity contribution < 1.29 is 9.18 Å². The average Bonchev–Trinajstić information content (AvgIpc) is 2.47. The van der Waals surface area contributed by atoms with Crippen molar-refractivity contribution in [2.24, 2.45) is 0 Å². The molecule has 0 spiro atoms. The van der Waals surface area contributed by atoms with Gasteiger partial charge in [0.05, 0.1) is 5.56 Å².